The molecule has 0 bridgehead atoms. The first-order valence-electron chi connectivity index (χ1n) is 10.2. The van der Waals surface area contributed by atoms with Crippen LogP contribution in [0.3, 0.4) is 0 Å². The average molecular weight is 407 g/mol. The number of rotatable bonds is 5. The fraction of sp³-hybridized carbons (Fsp3) is 0.636. The molecule has 1 aromatic carbocycles. The molecule has 0 unspecified atom stereocenters. The van der Waals surface area contributed by atoms with Gasteiger partial charge in [-0.1, -0.05) is 0 Å². The highest BCUT2D eigenvalue weighted by molar-refractivity contribution is 5.90. The number of likely N-dealkylation sites (tertiary alicyclic amines) is 1. The molecule has 1 aliphatic carbocycles. The van der Waals surface area contributed by atoms with Crippen molar-refractivity contribution in [1.29, 1.82) is 0 Å². The van der Waals surface area contributed by atoms with E-state index in [1.54, 1.807) is 11.0 Å². The molecule has 6 nitrogen and oxygen atoms in total. The first-order valence-corrected chi connectivity index (χ1v) is 10.2. The number of hydrogen-bond donors (Lipinski definition) is 0. The topological polar surface area (TPSA) is 65.1 Å². The van der Waals surface area contributed by atoms with E-state index in [4.69, 9.17) is 9.47 Å². The molecular formula is C22H30FNO5. The first-order chi connectivity index (χ1) is 13.7. The molecule has 2 fully saturated rings. The predicted molar refractivity (Wildman–Crippen MR) is 106 cm³/mol. The smallest absolute Gasteiger partial charge is 0.410 e. The maximum Gasteiger partial charge on any atom is 0.410 e. The molecule has 0 aromatic heterocycles. The van der Waals surface area contributed by atoms with E-state index in [9.17, 15) is 14.0 Å². The molecule has 1 aromatic rings. The van der Waals surface area contributed by atoms with Crippen molar-refractivity contribution in [1.82, 2.24) is 4.90 Å². The van der Waals surface area contributed by atoms with Crippen molar-refractivity contribution in [2.24, 2.45) is 5.92 Å². The van der Waals surface area contributed by atoms with E-state index >= 15 is 0 Å². The van der Waals surface area contributed by atoms with Crippen LogP contribution in [0.4, 0.5) is 9.18 Å². The summed E-state index contributed by atoms with van der Waals surface area (Å²) < 4.78 is 30.4. The normalized spacial score (nSPS) is 17.8. The third kappa shape index (κ3) is 5.61. The highest BCUT2D eigenvalue weighted by Gasteiger charge is 2.31. The van der Waals surface area contributed by atoms with Gasteiger partial charge in [-0.05, 0) is 69.9 Å². The number of piperidine rings is 1. The van der Waals surface area contributed by atoms with Gasteiger partial charge >= 0.3 is 12.1 Å². The number of methoxy groups -OCH3 is 1. The SMILES string of the molecule is COC(=O)c1cc(C2CC2)c(OCC2CCN(C(=O)OC(C)(C)C)CC2)cc1F. The van der Waals surface area contributed by atoms with Crippen LogP contribution in [0.2, 0.25) is 0 Å². The second kappa shape index (κ2) is 8.59. The standard InChI is InChI=1S/C22H30FNO5/c1-22(2,3)29-21(26)24-9-7-14(8-10-24)13-28-19-12-18(23)17(20(25)27-4)11-16(19)15-5-6-15/h11-12,14-15H,5-10,13H2,1-4H3. The Balaban J connectivity index is 1.58. The number of carbonyl (C=O) groups is 2. The minimum atomic E-state index is -0.675. The maximum absolute atomic E-state index is 14.4. The van der Waals surface area contributed by atoms with Gasteiger partial charge in [-0.2, -0.15) is 0 Å². The van der Waals surface area contributed by atoms with Crippen LogP contribution in [-0.4, -0.2) is 49.4 Å². The van der Waals surface area contributed by atoms with Crippen molar-refractivity contribution in [2.75, 3.05) is 26.8 Å². The van der Waals surface area contributed by atoms with Gasteiger partial charge in [0.2, 0.25) is 0 Å². The number of ether oxygens (including phenoxy) is 3. The minimum Gasteiger partial charge on any atom is -0.493 e. The van der Waals surface area contributed by atoms with Crippen molar-refractivity contribution >= 4 is 12.1 Å². The summed E-state index contributed by atoms with van der Waals surface area (Å²) in [5.41, 5.74) is 0.321. The van der Waals surface area contributed by atoms with Crippen LogP contribution < -0.4 is 4.74 Å². The van der Waals surface area contributed by atoms with Crippen LogP contribution in [0.1, 0.15) is 68.3 Å². The molecule has 0 N–H and O–H groups in total. The van der Waals surface area contributed by atoms with E-state index in [1.807, 2.05) is 20.8 Å². The molecule has 1 saturated heterocycles. The van der Waals surface area contributed by atoms with Gasteiger partial charge in [0.1, 0.15) is 17.2 Å². The van der Waals surface area contributed by atoms with Gasteiger partial charge in [-0.3, -0.25) is 0 Å². The lowest BCUT2D eigenvalue weighted by atomic mass is 9.98. The number of amides is 1. The Labute approximate surface area is 171 Å². The zero-order chi connectivity index (χ0) is 21.2. The zero-order valence-electron chi connectivity index (χ0n) is 17.6. The van der Waals surface area contributed by atoms with Gasteiger partial charge in [0.25, 0.3) is 0 Å². The van der Waals surface area contributed by atoms with Gasteiger partial charge in [0, 0.05) is 19.2 Å². The van der Waals surface area contributed by atoms with Crippen LogP contribution in [0.25, 0.3) is 0 Å². The van der Waals surface area contributed by atoms with E-state index in [0.29, 0.717) is 31.4 Å². The number of hydrogen-bond acceptors (Lipinski definition) is 5. The van der Waals surface area contributed by atoms with E-state index in [0.717, 1.165) is 31.2 Å². The summed E-state index contributed by atoms with van der Waals surface area (Å²) in [5, 5.41) is 0. The van der Waals surface area contributed by atoms with Crippen molar-refractivity contribution in [2.45, 2.75) is 58.0 Å². The number of halogens is 1. The number of esters is 1. The minimum absolute atomic E-state index is 0.0487. The second-order valence-corrected chi connectivity index (χ2v) is 8.86. The molecule has 1 saturated carbocycles. The summed E-state index contributed by atoms with van der Waals surface area (Å²) in [7, 11) is 1.24. The number of carbonyl (C=O) groups excluding carboxylic acids is 2. The largest absolute Gasteiger partial charge is 0.493 e. The zero-order valence-corrected chi connectivity index (χ0v) is 17.6. The Morgan fingerprint density at radius 3 is 2.34 bits per heavy atom. The molecule has 1 heterocycles. The van der Waals surface area contributed by atoms with Crippen molar-refractivity contribution in [3.05, 3.63) is 29.1 Å². The summed E-state index contributed by atoms with van der Waals surface area (Å²) >= 11 is 0. The summed E-state index contributed by atoms with van der Waals surface area (Å²) in [5.74, 6) is -0.208. The lowest BCUT2D eigenvalue weighted by Crippen LogP contribution is -2.42. The van der Waals surface area contributed by atoms with E-state index in [2.05, 4.69) is 4.74 Å². The lowest BCUT2D eigenvalue weighted by Gasteiger charge is -2.33. The summed E-state index contributed by atoms with van der Waals surface area (Å²) in [6, 6.07) is 2.87. The fourth-order valence-corrected chi connectivity index (χ4v) is 3.49. The Morgan fingerprint density at radius 1 is 1.14 bits per heavy atom. The Morgan fingerprint density at radius 2 is 1.79 bits per heavy atom. The number of benzene rings is 1. The average Bonchev–Trinajstić information content (AvgIpc) is 3.50. The van der Waals surface area contributed by atoms with Crippen LogP contribution in [0.15, 0.2) is 12.1 Å². The van der Waals surface area contributed by atoms with Crippen LogP contribution in [0.5, 0.6) is 5.75 Å². The first kappa shape index (κ1) is 21.4. The van der Waals surface area contributed by atoms with Crippen LogP contribution >= 0.6 is 0 Å². The molecule has 0 radical (unpaired) electrons. The highest BCUT2D eigenvalue weighted by atomic mass is 19.1. The second-order valence-electron chi connectivity index (χ2n) is 8.86. The summed E-state index contributed by atoms with van der Waals surface area (Å²) in [6.45, 7) is 7.26. The van der Waals surface area contributed by atoms with Gasteiger partial charge in [-0.15, -0.1) is 0 Å². The Hall–Kier alpha value is -2.31. The van der Waals surface area contributed by atoms with E-state index in [-0.39, 0.29) is 17.6 Å². The Kier molecular flexibility index (Phi) is 6.34. The molecule has 7 heteroatoms. The van der Waals surface area contributed by atoms with Gasteiger partial charge < -0.3 is 19.1 Å². The fourth-order valence-electron chi connectivity index (χ4n) is 3.49. The molecule has 1 amide bonds. The number of nitrogens with zero attached hydrogens (tertiary/aromatic N) is 1. The molecular weight excluding hydrogens is 377 g/mol. The quantitative estimate of drug-likeness (QED) is 0.672. The lowest BCUT2D eigenvalue weighted by molar-refractivity contribution is 0.0164. The van der Waals surface area contributed by atoms with Crippen molar-refractivity contribution in [3.8, 4) is 5.75 Å². The molecule has 2 aliphatic rings. The van der Waals surface area contributed by atoms with Crippen molar-refractivity contribution in [3.63, 3.8) is 0 Å². The maximum atomic E-state index is 14.4. The van der Waals surface area contributed by atoms with Crippen LogP contribution in [-0.2, 0) is 9.47 Å². The third-order valence-electron chi connectivity index (χ3n) is 5.26. The molecule has 3 rings (SSSR count). The summed E-state index contributed by atoms with van der Waals surface area (Å²) in [6.07, 6.45) is 3.35. The van der Waals surface area contributed by atoms with Gasteiger partial charge in [0.05, 0.1) is 19.3 Å². The predicted octanol–water partition coefficient (Wildman–Crippen LogP) is 4.52. The molecule has 160 valence electrons. The van der Waals surface area contributed by atoms with Crippen LogP contribution in [0, 0.1) is 11.7 Å². The molecule has 29 heavy (non-hydrogen) atoms. The molecule has 0 atom stereocenters. The van der Waals surface area contributed by atoms with E-state index < -0.39 is 17.4 Å². The molecule has 1 aliphatic heterocycles. The van der Waals surface area contributed by atoms with Gasteiger partial charge in [-0.25, -0.2) is 14.0 Å². The van der Waals surface area contributed by atoms with E-state index in [1.165, 1.54) is 13.2 Å². The monoisotopic (exact) mass is 407 g/mol. The highest BCUT2D eigenvalue weighted by Crippen LogP contribution is 2.45. The molecule has 0 spiro atoms. The Bertz CT molecular complexity index is 761. The van der Waals surface area contributed by atoms with Crippen molar-refractivity contribution < 1.29 is 28.2 Å². The summed E-state index contributed by atoms with van der Waals surface area (Å²) in [4.78, 5) is 25.7. The third-order valence-corrected chi connectivity index (χ3v) is 5.26. The van der Waals surface area contributed by atoms with Gasteiger partial charge in [0.15, 0.2) is 0 Å².